The van der Waals surface area contributed by atoms with Crippen molar-refractivity contribution in [3.8, 4) is 0 Å². The minimum absolute atomic E-state index is 0.123. The average Bonchev–Trinajstić information content (AvgIpc) is 2.65. The monoisotopic (exact) mass is 396 g/mol. The molecule has 1 saturated carbocycles. The van der Waals surface area contributed by atoms with E-state index >= 15 is 0 Å². The highest BCUT2D eigenvalue weighted by Crippen LogP contribution is 2.58. The molecule has 3 unspecified atom stereocenters. The van der Waals surface area contributed by atoms with Gasteiger partial charge in [-0.25, -0.2) is 0 Å². The van der Waals surface area contributed by atoms with Crippen LogP contribution in [0.4, 0.5) is 0 Å². The highest BCUT2D eigenvalue weighted by atomic mass is 16.4. The number of carboxylic acids is 2. The van der Waals surface area contributed by atoms with Crippen LogP contribution in [0.5, 0.6) is 0 Å². The van der Waals surface area contributed by atoms with Crippen LogP contribution in [0.1, 0.15) is 118 Å². The molecule has 0 amide bonds. The van der Waals surface area contributed by atoms with Gasteiger partial charge in [0, 0.05) is 0 Å². The zero-order chi connectivity index (χ0) is 21.2. The Morgan fingerprint density at radius 1 is 0.821 bits per heavy atom. The first-order chi connectivity index (χ1) is 13.2. The fraction of sp³-hybridized carbons (Fsp3) is 0.917. The predicted molar refractivity (Wildman–Crippen MR) is 114 cm³/mol. The van der Waals surface area contributed by atoms with Crippen LogP contribution in [0.25, 0.3) is 0 Å². The van der Waals surface area contributed by atoms with E-state index < -0.39 is 22.8 Å². The Hall–Kier alpha value is -1.06. The second kappa shape index (κ2) is 11.8. The molecule has 2 N–H and O–H groups in total. The molecule has 0 saturated heterocycles. The van der Waals surface area contributed by atoms with Gasteiger partial charge in [0.25, 0.3) is 0 Å². The summed E-state index contributed by atoms with van der Waals surface area (Å²) in [5.74, 6) is -1.12. The van der Waals surface area contributed by atoms with Crippen LogP contribution >= 0.6 is 0 Å². The standard InChI is InChI=1S/C24H44O4/c1-5-20(4)24(22(27)28)18-14-13-17-23(24,21(25)26)16-12-10-8-6-7-9-11-15-19(2)3/h19-20H,5-18H2,1-4H3,(H,25,26)(H,27,28). The number of carbonyl (C=O) groups is 2. The minimum atomic E-state index is -1.12. The fourth-order valence-corrected chi connectivity index (χ4v) is 5.50. The lowest BCUT2D eigenvalue weighted by Crippen LogP contribution is -2.57. The summed E-state index contributed by atoms with van der Waals surface area (Å²) in [5.41, 5.74) is -2.23. The van der Waals surface area contributed by atoms with E-state index in [1.54, 1.807) is 0 Å². The van der Waals surface area contributed by atoms with Crippen LogP contribution in [0.2, 0.25) is 0 Å². The molecule has 1 fully saturated rings. The van der Waals surface area contributed by atoms with E-state index in [0.29, 0.717) is 25.7 Å². The maximum absolute atomic E-state index is 12.4. The highest BCUT2D eigenvalue weighted by molar-refractivity contribution is 5.87. The summed E-state index contributed by atoms with van der Waals surface area (Å²) >= 11 is 0. The fourth-order valence-electron chi connectivity index (χ4n) is 5.50. The molecular formula is C24H44O4. The largest absolute Gasteiger partial charge is 0.481 e. The number of hydrogen-bond donors (Lipinski definition) is 2. The molecule has 0 aromatic rings. The molecule has 0 aromatic heterocycles. The highest BCUT2D eigenvalue weighted by Gasteiger charge is 2.63. The van der Waals surface area contributed by atoms with E-state index in [0.717, 1.165) is 38.0 Å². The Labute approximate surface area is 172 Å². The van der Waals surface area contributed by atoms with E-state index in [1.165, 1.54) is 32.1 Å². The lowest BCUT2D eigenvalue weighted by atomic mass is 9.49. The molecule has 0 radical (unpaired) electrons. The molecule has 0 aliphatic heterocycles. The normalized spacial score (nSPS) is 26.3. The minimum Gasteiger partial charge on any atom is -0.481 e. The number of aliphatic carboxylic acids is 2. The summed E-state index contributed by atoms with van der Waals surface area (Å²) in [7, 11) is 0. The van der Waals surface area contributed by atoms with Crippen molar-refractivity contribution in [2.45, 2.75) is 118 Å². The van der Waals surface area contributed by atoms with E-state index in [9.17, 15) is 19.8 Å². The Bertz CT molecular complexity index is 487. The molecule has 1 rings (SSSR count). The van der Waals surface area contributed by atoms with Crippen molar-refractivity contribution < 1.29 is 19.8 Å². The summed E-state index contributed by atoms with van der Waals surface area (Å²) in [6.45, 7) is 8.45. The van der Waals surface area contributed by atoms with Crippen molar-refractivity contribution in [1.82, 2.24) is 0 Å². The van der Waals surface area contributed by atoms with Gasteiger partial charge in [0.1, 0.15) is 0 Å². The topological polar surface area (TPSA) is 74.6 Å². The quantitative estimate of drug-likeness (QED) is 0.313. The summed E-state index contributed by atoms with van der Waals surface area (Å²) in [6.07, 6.45) is 13.2. The summed E-state index contributed by atoms with van der Waals surface area (Å²) in [5, 5.41) is 20.4. The third-order valence-electron chi connectivity index (χ3n) is 7.41. The van der Waals surface area contributed by atoms with Crippen molar-refractivity contribution in [3.63, 3.8) is 0 Å². The molecule has 4 heteroatoms. The molecule has 1 aliphatic carbocycles. The SMILES string of the molecule is CCC(C)C1(C(=O)O)CCCCC1(CCCCCCCCCC(C)C)C(=O)O. The zero-order valence-corrected chi connectivity index (χ0v) is 18.8. The molecule has 164 valence electrons. The number of carboxylic acid groups (broad SMARTS) is 2. The Morgan fingerprint density at radius 2 is 1.36 bits per heavy atom. The van der Waals surface area contributed by atoms with Crippen molar-refractivity contribution in [1.29, 1.82) is 0 Å². The predicted octanol–water partition coefficient (Wildman–Crippen LogP) is 6.92. The van der Waals surface area contributed by atoms with Gasteiger partial charge < -0.3 is 10.2 Å². The maximum atomic E-state index is 12.4. The van der Waals surface area contributed by atoms with Gasteiger partial charge in [-0.15, -0.1) is 0 Å². The molecule has 0 aromatic carbocycles. The second-order valence-electron chi connectivity index (χ2n) is 9.59. The van der Waals surface area contributed by atoms with Gasteiger partial charge in [-0.1, -0.05) is 98.3 Å². The smallest absolute Gasteiger partial charge is 0.311 e. The average molecular weight is 397 g/mol. The Balaban J connectivity index is 2.66. The van der Waals surface area contributed by atoms with Crippen molar-refractivity contribution >= 4 is 11.9 Å². The van der Waals surface area contributed by atoms with Crippen molar-refractivity contribution in [3.05, 3.63) is 0 Å². The van der Waals surface area contributed by atoms with Crippen molar-refractivity contribution in [2.75, 3.05) is 0 Å². The van der Waals surface area contributed by atoms with Gasteiger partial charge in [0.15, 0.2) is 0 Å². The van der Waals surface area contributed by atoms with Crippen LogP contribution in [-0.4, -0.2) is 22.2 Å². The van der Waals surface area contributed by atoms with Gasteiger partial charge in [-0.3, -0.25) is 9.59 Å². The van der Waals surface area contributed by atoms with Gasteiger partial charge >= 0.3 is 11.9 Å². The van der Waals surface area contributed by atoms with Gasteiger partial charge in [0.2, 0.25) is 0 Å². The lowest BCUT2D eigenvalue weighted by molar-refractivity contribution is -0.188. The number of hydrogen-bond acceptors (Lipinski definition) is 2. The first kappa shape index (κ1) is 25.0. The van der Waals surface area contributed by atoms with Crippen LogP contribution in [-0.2, 0) is 9.59 Å². The first-order valence-electron chi connectivity index (χ1n) is 11.7. The molecule has 0 bridgehead atoms. The van der Waals surface area contributed by atoms with Gasteiger partial charge in [-0.05, 0) is 31.1 Å². The Morgan fingerprint density at radius 3 is 1.86 bits per heavy atom. The second-order valence-corrected chi connectivity index (χ2v) is 9.59. The van der Waals surface area contributed by atoms with E-state index in [4.69, 9.17) is 0 Å². The zero-order valence-electron chi connectivity index (χ0n) is 18.8. The molecule has 28 heavy (non-hydrogen) atoms. The Kier molecular flexibility index (Phi) is 10.5. The lowest BCUT2D eigenvalue weighted by Gasteiger charge is -2.51. The van der Waals surface area contributed by atoms with Crippen LogP contribution in [0, 0.1) is 22.7 Å². The molecule has 1 aliphatic rings. The molecular weight excluding hydrogens is 352 g/mol. The van der Waals surface area contributed by atoms with Crippen LogP contribution in [0.15, 0.2) is 0 Å². The first-order valence-corrected chi connectivity index (χ1v) is 11.7. The summed E-state index contributed by atoms with van der Waals surface area (Å²) in [4.78, 5) is 24.9. The van der Waals surface area contributed by atoms with E-state index in [2.05, 4.69) is 13.8 Å². The number of unbranched alkanes of at least 4 members (excludes halogenated alkanes) is 6. The summed E-state index contributed by atoms with van der Waals surface area (Å²) < 4.78 is 0. The maximum Gasteiger partial charge on any atom is 0.311 e. The van der Waals surface area contributed by atoms with Gasteiger partial charge in [-0.2, -0.15) is 0 Å². The van der Waals surface area contributed by atoms with E-state index in [-0.39, 0.29) is 5.92 Å². The van der Waals surface area contributed by atoms with Crippen LogP contribution in [0.3, 0.4) is 0 Å². The summed E-state index contributed by atoms with van der Waals surface area (Å²) in [6, 6.07) is 0. The number of rotatable bonds is 14. The molecule has 0 heterocycles. The van der Waals surface area contributed by atoms with Crippen LogP contribution < -0.4 is 0 Å². The molecule has 4 nitrogen and oxygen atoms in total. The molecule has 0 spiro atoms. The third-order valence-corrected chi connectivity index (χ3v) is 7.41. The molecule has 3 atom stereocenters. The van der Waals surface area contributed by atoms with E-state index in [1.807, 2.05) is 13.8 Å². The van der Waals surface area contributed by atoms with Crippen molar-refractivity contribution in [2.24, 2.45) is 22.7 Å². The van der Waals surface area contributed by atoms with Gasteiger partial charge in [0.05, 0.1) is 10.8 Å². The third kappa shape index (κ3) is 5.73.